The Morgan fingerprint density at radius 2 is 2.46 bits per heavy atom. The highest BCUT2D eigenvalue weighted by molar-refractivity contribution is 5.12. The molecule has 0 radical (unpaired) electrons. The highest BCUT2D eigenvalue weighted by Crippen LogP contribution is 2.28. The summed E-state index contributed by atoms with van der Waals surface area (Å²) in [4.78, 5) is 4.11. The van der Waals surface area contributed by atoms with Crippen molar-refractivity contribution in [3.63, 3.8) is 0 Å². The first kappa shape index (κ1) is 8.70. The van der Waals surface area contributed by atoms with Crippen LogP contribution in [0.25, 0.3) is 0 Å². The van der Waals surface area contributed by atoms with Gasteiger partial charge in [0.25, 0.3) is 0 Å². The number of nitrogens with one attached hydrogen (secondary N) is 1. The van der Waals surface area contributed by atoms with E-state index < -0.39 is 0 Å². The Morgan fingerprint density at radius 1 is 1.62 bits per heavy atom. The number of pyridine rings is 1. The molecule has 2 nitrogen and oxygen atoms in total. The second-order valence-electron chi connectivity index (χ2n) is 3.86. The Balaban J connectivity index is 1.85. The molecule has 0 amide bonds. The van der Waals surface area contributed by atoms with Crippen molar-refractivity contribution in [2.24, 2.45) is 5.92 Å². The van der Waals surface area contributed by atoms with E-state index in [1.54, 1.807) is 0 Å². The molecule has 0 spiro atoms. The maximum absolute atomic E-state index is 4.11. The number of hydrogen-bond donors (Lipinski definition) is 1. The number of rotatable bonds is 4. The summed E-state index contributed by atoms with van der Waals surface area (Å²) in [5, 5.41) is 3.52. The van der Waals surface area contributed by atoms with Crippen LogP contribution in [0.5, 0.6) is 0 Å². The fourth-order valence-corrected chi connectivity index (χ4v) is 1.42. The van der Waals surface area contributed by atoms with Gasteiger partial charge in [-0.2, -0.15) is 0 Å². The van der Waals surface area contributed by atoms with Crippen molar-refractivity contribution in [1.29, 1.82) is 0 Å². The van der Waals surface area contributed by atoms with Crippen LogP contribution in [0.2, 0.25) is 0 Å². The van der Waals surface area contributed by atoms with Crippen molar-refractivity contribution in [2.75, 3.05) is 6.54 Å². The van der Waals surface area contributed by atoms with Crippen molar-refractivity contribution in [1.82, 2.24) is 10.3 Å². The summed E-state index contributed by atoms with van der Waals surface area (Å²) in [5.74, 6) is 0.944. The molecule has 1 N–H and O–H groups in total. The summed E-state index contributed by atoms with van der Waals surface area (Å²) in [6.07, 6.45) is 6.57. The predicted molar refractivity (Wildman–Crippen MR) is 53.4 cm³/mol. The lowest BCUT2D eigenvalue weighted by atomic mass is 10.1. The molecule has 2 heteroatoms. The van der Waals surface area contributed by atoms with Crippen LogP contribution in [0.3, 0.4) is 0 Å². The lowest BCUT2D eigenvalue weighted by Crippen LogP contribution is -2.21. The SMILES string of the molecule is C[C@H](NCC1CC1)c1cccnc1. The highest BCUT2D eigenvalue weighted by Gasteiger charge is 2.21. The molecule has 1 aliphatic carbocycles. The van der Waals surface area contributed by atoms with Gasteiger partial charge in [-0.15, -0.1) is 0 Å². The van der Waals surface area contributed by atoms with E-state index in [0.29, 0.717) is 6.04 Å². The van der Waals surface area contributed by atoms with Gasteiger partial charge in [0.15, 0.2) is 0 Å². The average Bonchev–Trinajstić information content (AvgIpc) is 2.99. The van der Waals surface area contributed by atoms with Gasteiger partial charge in [-0.25, -0.2) is 0 Å². The summed E-state index contributed by atoms with van der Waals surface area (Å²) in [7, 11) is 0. The molecule has 1 atom stereocenters. The minimum atomic E-state index is 0.439. The van der Waals surface area contributed by atoms with Gasteiger partial charge >= 0.3 is 0 Å². The van der Waals surface area contributed by atoms with Crippen LogP contribution in [0.15, 0.2) is 24.5 Å². The lowest BCUT2D eigenvalue weighted by Gasteiger charge is -2.12. The van der Waals surface area contributed by atoms with Crippen LogP contribution in [-0.4, -0.2) is 11.5 Å². The maximum Gasteiger partial charge on any atom is 0.0315 e. The van der Waals surface area contributed by atoms with E-state index in [1.807, 2.05) is 18.5 Å². The molecule has 70 valence electrons. The molecule has 1 heterocycles. The smallest absolute Gasteiger partial charge is 0.0315 e. The Morgan fingerprint density at radius 3 is 3.08 bits per heavy atom. The van der Waals surface area contributed by atoms with E-state index in [1.165, 1.54) is 18.4 Å². The Kier molecular flexibility index (Phi) is 2.60. The molecule has 2 rings (SSSR count). The Labute approximate surface area is 79.4 Å². The van der Waals surface area contributed by atoms with Crippen LogP contribution >= 0.6 is 0 Å². The van der Waals surface area contributed by atoms with Crippen LogP contribution in [0, 0.1) is 5.92 Å². The molecular weight excluding hydrogens is 160 g/mol. The molecule has 13 heavy (non-hydrogen) atoms. The molecule has 1 aliphatic rings. The predicted octanol–water partition coefficient (Wildman–Crippen LogP) is 2.14. The van der Waals surface area contributed by atoms with E-state index in [2.05, 4.69) is 23.3 Å². The van der Waals surface area contributed by atoms with Crippen LogP contribution in [-0.2, 0) is 0 Å². The van der Waals surface area contributed by atoms with Gasteiger partial charge in [-0.3, -0.25) is 4.98 Å². The number of nitrogens with zero attached hydrogens (tertiary/aromatic N) is 1. The Hall–Kier alpha value is -0.890. The monoisotopic (exact) mass is 176 g/mol. The van der Waals surface area contributed by atoms with Crippen LogP contribution < -0.4 is 5.32 Å². The molecule has 0 aromatic carbocycles. The zero-order valence-corrected chi connectivity index (χ0v) is 8.03. The van der Waals surface area contributed by atoms with Crippen LogP contribution in [0.1, 0.15) is 31.4 Å². The first-order valence-electron chi connectivity index (χ1n) is 4.99. The van der Waals surface area contributed by atoms with Crippen molar-refractivity contribution < 1.29 is 0 Å². The average molecular weight is 176 g/mol. The van der Waals surface area contributed by atoms with Crippen molar-refractivity contribution >= 4 is 0 Å². The van der Waals surface area contributed by atoms with E-state index in [4.69, 9.17) is 0 Å². The maximum atomic E-state index is 4.11. The molecule has 0 aliphatic heterocycles. The van der Waals surface area contributed by atoms with E-state index in [-0.39, 0.29) is 0 Å². The zero-order valence-electron chi connectivity index (χ0n) is 8.03. The van der Waals surface area contributed by atoms with Gasteiger partial charge in [-0.05, 0) is 43.9 Å². The second kappa shape index (κ2) is 3.88. The molecular formula is C11H16N2. The van der Waals surface area contributed by atoms with E-state index in [9.17, 15) is 0 Å². The largest absolute Gasteiger partial charge is 0.310 e. The van der Waals surface area contributed by atoms with Crippen molar-refractivity contribution in [3.8, 4) is 0 Å². The number of hydrogen-bond acceptors (Lipinski definition) is 2. The van der Waals surface area contributed by atoms with Crippen molar-refractivity contribution in [2.45, 2.75) is 25.8 Å². The number of aromatic nitrogens is 1. The van der Waals surface area contributed by atoms with Gasteiger partial charge in [0.1, 0.15) is 0 Å². The third-order valence-corrected chi connectivity index (χ3v) is 2.59. The topological polar surface area (TPSA) is 24.9 Å². The normalized spacial score (nSPS) is 18.5. The van der Waals surface area contributed by atoms with Gasteiger partial charge in [0, 0.05) is 18.4 Å². The third kappa shape index (κ3) is 2.52. The third-order valence-electron chi connectivity index (χ3n) is 2.59. The molecule has 1 aromatic rings. The van der Waals surface area contributed by atoms with Gasteiger partial charge in [-0.1, -0.05) is 6.07 Å². The Bertz CT molecular complexity index is 254. The molecule has 0 unspecified atom stereocenters. The molecule has 0 bridgehead atoms. The summed E-state index contributed by atoms with van der Waals surface area (Å²) >= 11 is 0. The molecule has 0 saturated heterocycles. The van der Waals surface area contributed by atoms with Crippen molar-refractivity contribution in [3.05, 3.63) is 30.1 Å². The summed E-state index contributed by atoms with van der Waals surface area (Å²) in [5.41, 5.74) is 1.28. The fourth-order valence-electron chi connectivity index (χ4n) is 1.42. The second-order valence-corrected chi connectivity index (χ2v) is 3.86. The molecule has 1 fully saturated rings. The van der Waals surface area contributed by atoms with E-state index in [0.717, 1.165) is 12.5 Å². The van der Waals surface area contributed by atoms with Gasteiger partial charge in [0.05, 0.1) is 0 Å². The van der Waals surface area contributed by atoms with Gasteiger partial charge < -0.3 is 5.32 Å². The first-order chi connectivity index (χ1) is 6.36. The fraction of sp³-hybridized carbons (Fsp3) is 0.545. The highest BCUT2D eigenvalue weighted by atomic mass is 14.9. The summed E-state index contributed by atoms with van der Waals surface area (Å²) < 4.78 is 0. The molecule has 1 aromatic heterocycles. The summed E-state index contributed by atoms with van der Waals surface area (Å²) in [6.45, 7) is 3.36. The standard InChI is InChI=1S/C11H16N2/c1-9(13-7-10-4-5-10)11-3-2-6-12-8-11/h2-3,6,8-10,13H,4-5,7H2,1H3/t9-/m0/s1. The summed E-state index contributed by atoms with van der Waals surface area (Å²) in [6, 6.07) is 4.55. The minimum Gasteiger partial charge on any atom is -0.310 e. The first-order valence-corrected chi connectivity index (χ1v) is 4.99. The van der Waals surface area contributed by atoms with Gasteiger partial charge in [0.2, 0.25) is 0 Å². The van der Waals surface area contributed by atoms with Crippen LogP contribution in [0.4, 0.5) is 0 Å². The quantitative estimate of drug-likeness (QED) is 0.760. The lowest BCUT2D eigenvalue weighted by molar-refractivity contribution is 0.547. The van der Waals surface area contributed by atoms with E-state index >= 15 is 0 Å². The zero-order chi connectivity index (χ0) is 9.10. The minimum absolute atomic E-state index is 0.439. The molecule has 1 saturated carbocycles.